The third-order valence-corrected chi connectivity index (χ3v) is 4.76. The molecule has 0 spiro atoms. The Labute approximate surface area is 150 Å². The van der Waals surface area contributed by atoms with Crippen LogP contribution in [0.2, 0.25) is 0 Å². The number of nitrogens with two attached hydrogens (primary N) is 1. The first kappa shape index (κ1) is 18.9. The highest BCUT2D eigenvalue weighted by molar-refractivity contribution is 7.89. The topological polar surface area (TPSA) is 135 Å². The first-order valence-corrected chi connectivity index (χ1v) is 8.88. The lowest BCUT2D eigenvalue weighted by molar-refractivity contribution is -0.139. The molecule has 8 nitrogen and oxygen atoms in total. The molecule has 0 atom stereocenters. The molecule has 142 valence electrons. The van der Waals surface area contributed by atoms with Crippen LogP contribution in [0.5, 0.6) is 0 Å². The van der Waals surface area contributed by atoms with Crippen LogP contribution in [0.4, 0.5) is 13.2 Å². The first-order chi connectivity index (χ1) is 12.6. The largest absolute Gasteiger partial charge is 0.417 e. The van der Waals surface area contributed by atoms with E-state index in [2.05, 4.69) is 20.6 Å². The number of H-pyrrole nitrogens is 1. The monoisotopic (exact) mass is 399 g/mol. The standard InChI is InChI=1S/C15H12F3N5O3S/c16-15(17,18)11-6-5-10(9-3-1-8(7-24)2-4-9)12(13(11)27(19,25)26)14-20-22-23-21-14/h1-6,24H,7H2,(H2,19,25,26)(H,20,21,22,23). The van der Waals surface area contributed by atoms with Crippen LogP contribution in [0.25, 0.3) is 22.5 Å². The molecule has 1 heterocycles. The number of aliphatic hydroxyl groups is 1. The van der Waals surface area contributed by atoms with Gasteiger partial charge in [0, 0.05) is 0 Å². The zero-order valence-electron chi connectivity index (χ0n) is 13.4. The van der Waals surface area contributed by atoms with Gasteiger partial charge in [-0.15, -0.1) is 10.2 Å². The van der Waals surface area contributed by atoms with E-state index in [0.717, 1.165) is 6.07 Å². The van der Waals surface area contributed by atoms with Gasteiger partial charge < -0.3 is 5.11 Å². The SMILES string of the molecule is NS(=O)(=O)c1c(C(F)(F)F)ccc(-c2ccc(CO)cc2)c1-c1nn[nH]n1. The second-order valence-electron chi connectivity index (χ2n) is 5.50. The molecular weight excluding hydrogens is 387 g/mol. The number of primary sulfonamides is 1. The summed E-state index contributed by atoms with van der Waals surface area (Å²) in [6.45, 7) is -0.229. The van der Waals surface area contributed by atoms with E-state index in [1.165, 1.54) is 12.1 Å². The Morgan fingerprint density at radius 1 is 1.11 bits per heavy atom. The third kappa shape index (κ3) is 3.67. The zero-order valence-corrected chi connectivity index (χ0v) is 14.2. The fourth-order valence-electron chi connectivity index (χ4n) is 2.62. The number of alkyl halides is 3. The van der Waals surface area contributed by atoms with Crippen LogP contribution in [-0.4, -0.2) is 34.1 Å². The number of rotatable bonds is 4. The van der Waals surface area contributed by atoms with Crippen molar-refractivity contribution in [2.75, 3.05) is 0 Å². The fraction of sp³-hybridized carbons (Fsp3) is 0.133. The summed E-state index contributed by atoms with van der Waals surface area (Å²) in [7, 11) is -4.80. The van der Waals surface area contributed by atoms with Crippen molar-refractivity contribution in [2.24, 2.45) is 5.14 Å². The number of sulfonamides is 1. The molecule has 0 amide bonds. The number of hydrogen-bond acceptors (Lipinski definition) is 6. The van der Waals surface area contributed by atoms with Gasteiger partial charge in [0.15, 0.2) is 0 Å². The maximum Gasteiger partial charge on any atom is 0.417 e. The molecule has 12 heteroatoms. The molecule has 0 bridgehead atoms. The van der Waals surface area contributed by atoms with Crippen molar-refractivity contribution in [1.29, 1.82) is 0 Å². The average Bonchev–Trinajstić information content (AvgIpc) is 3.13. The molecule has 0 aliphatic rings. The maximum atomic E-state index is 13.4. The molecule has 3 aromatic rings. The molecule has 0 fully saturated rings. The van der Waals surface area contributed by atoms with Crippen molar-refractivity contribution in [3.05, 3.63) is 47.5 Å². The minimum absolute atomic E-state index is 0.109. The number of aromatic amines is 1. The molecule has 0 unspecified atom stereocenters. The molecule has 27 heavy (non-hydrogen) atoms. The van der Waals surface area contributed by atoms with Crippen LogP contribution < -0.4 is 5.14 Å². The van der Waals surface area contributed by atoms with Crippen molar-refractivity contribution in [1.82, 2.24) is 20.6 Å². The Hall–Kier alpha value is -2.83. The van der Waals surface area contributed by atoms with E-state index in [1.54, 1.807) is 12.1 Å². The number of hydrogen-bond donors (Lipinski definition) is 3. The Kier molecular flexibility index (Phi) is 4.71. The first-order valence-electron chi connectivity index (χ1n) is 7.34. The van der Waals surface area contributed by atoms with Gasteiger partial charge in [0.05, 0.1) is 17.7 Å². The van der Waals surface area contributed by atoms with Crippen LogP contribution in [0.1, 0.15) is 11.1 Å². The van der Waals surface area contributed by atoms with Crippen molar-refractivity contribution >= 4 is 10.0 Å². The van der Waals surface area contributed by atoms with Crippen molar-refractivity contribution < 1.29 is 26.7 Å². The summed E-state index contributed by atoms with van der Waals surface area (Å²) in [6.07, 6.45) is -4.97. The highest BCUT2D eigenvalue weighted by atomic mass is 32.2. The average molecular weight is 399 g/mol. The maximum absolute atomic E-state index is 13.4. The molecular formula is C15H12F3N5O3S. The molecule has 3 rings (SSSR count). The molecule has 4 N–H and O–H groups in total. The van der Waals surface area contributed by atoms with Crippen LogP contribution >= 0.6 is 0 Å². The van der Waals surface area contributed by atoms with Gasteiger partial charge in [0.1, 0.15) is 4.90 Å². The smallest absolute Gasteiger partial charge is 0.392 e. The zero-order chi connectivity index (χ0) is 19.8. The number of tetrazole rings is 1. The van der Waals surface area contributed by atoms with Gasteiger partial charge in [-0.05, 0) is 28.0 Å². The Bertz CT molecular complexity index is 1070. The molecule has 0 radical (unpaired) electrons. The lowest BCUT2D eigenvalue weighted by Gasteiger charge is -2.17. The summed E-state index contributed by atoms with van der Waals surface area (Å²) in [5.74, 6) is -0.355. The fourth-order valence-corrected chi connectivity index (χ4v) is 3.60. The highest BCUT2D eigenvalue weighted by Gasteiger charge is 2.39. The molecule has 0 saturated carbocycles. The second kappa shape index (κ2) is 6.72. The van der Waals surface area contributed by atoms with Gasteiger partial charge in [-0.3, -0.25) is 0 Å². The molecule has 1 aromatic heterocycles. The number of aromatic nitrogens is 4. The van der Waals surface area contributed by atoms with E-state index in [1.807, 2.05) is 0 Å². The van der Waals surface area contributed by atoms with E-state index >= 15 is 0 Å². The molecule has 0 aliphatic carbocycles. The Morgan fingerprint density at radius 3 is 2.26 bits per heavy atom. The Balaban J connectivity index is 2.41. The van der Waals surface area contributed by atoms with Gasteiger partial charge in [-0.2, -0.15) is 18.4 Å². The van der Waals surface area contributed by atoms with Crippen molar-refractivity contribution in [3.63, 3.8) is 0 Å². The van der Waals surface area contributed by atoms with E-state index in [9.17, 15) is 21.6 Å². The van der Waals surface area contributed by atoms with Crippen LogP contribution in [0.3, 0.4) is 0 Å². The number of aliphatic hydroxyl groups excluding tert-OH is 1. The van der Waals surface area contributed by atoms with Crippen LogP contribution in [0, 0.1) is 0 Å². The van der Waals surface area contributed by atoms with Crippen molar-refractivity contribution in [3.8, 4) is 22.5 Å². The number of benzene rings is 2. The Morgan fingerprint density at radius 2 is 1.78 bits per heavy atom. The highest BCUT2D eigenvalue weighted by Crippen LogP contribution is 2.42. The number of halogens is 3. The van der Waals surface area contributed by atoms with Crippen LogP contribution in [0.15, 0.2) is 41.3 Å². The molecule has 0 aliphatic heterocycles. The minimum Gasteiger partial charge on any atom is -0.392 e. The molecule has 0 saturated heterocycles. The quantitative estimate of drug-likeness (QED) is 0.611. The number of nitrogens with one attached hydrogen (secondary N) is 1. The summed E-state index contributed by atoms with van der Waals surface area (Å²) in [5.41, 5.74) is -0.791. The van der Waals surface area contributed by atoms with E-state index in [4.69, 9.17) is 10.2 Å². The minimum atomic E-state index is -4.97. The van der Waals surface area contributed by atoms with E-state index in [0.29, 0.717) is 17.2 Å². The predicted octanol–water partition coefficient (Wildman–Crippen LogP) is 1.69. The lowest BCUT2D eigenvalue weighted by atomic mass is 9.96. The van der Waals surface area contributed by atoms with E-state index in [-0.39, 0.29) is 18.0 Å². The summed E-state index contributed by atoms with van der Waals surface area (Å²) < 4.78 is 64.4. The van der Waals surface area contributed by atoms with Crippen molar-refractivity contribution in [2.45, 2.75) is 17.7 Å². The normalized spacial score (nSPS) is 12.3. The molecule has 2 aromatic carbocycles. The summed E-state index contributed by atoms with van der Waals surface area (Å²) in [4.78, 5) is -1.14. The second-order valence-corrected chi connectivity index (χ2v) is 7.00. The lowest BCUT2D eigenvalue weighted by Crippen LogP contribution is -2.21. The third-order valence-electron chi connectivity index (χ3n) is 3.76. The van der Waals surface area contributed by atoms with E-state index < -0.39 is 32.2 Å². The summed E-state index contributed by atoms with van der Waals surface area (Å²) >= 11 is 0. The number of nitrogens with zero attached hydrogens (tertiary/aromatic N) is 3. The summed E-state index contributed by atoms with van der Waals surface area (Å²) in [6, 6.07) is 7.87. The summed E-state index contributed by atoms with van der Waals surface area (Å²) in [5, 5.41) is 26.9. The van der Waals surface area contributed by atoms with Gasteiger partial charge in [-0.1, -0.05) is 30.3 Å². The van der Waals surface area contributed by atoms with Gasteiger partial charge >= 0.3 is 6.18 Å². The van der Waals surface area contributed by atoms with Gasteiger partial charge in [0.2, 0.25) is 15.8 Å². The van der Waals surface area contributed by atoms with Gasteiger partial charge in [0.25, 0.3) is 0 Å². The van der Waals surface area contributed by atoms with Gasteiger partial charge in [-0.25, -0.2) is 13.6 Å². The van der Waals surface area contributed by atoms with Crippen LogP contribution in [-0.2, 0) is 22.8 Å². The predicted molar refractivity (Wildman–Crippen MR) is 87.3 cm³/mol.